The summed E-state index contributed by atoms with van der Waals surface area (Å²) in [7, 11) is 2.01. The Hall–Kier alpha value is -0.900. The predicted molar refractivity (Wildman–Crippen MR) is 79.0 cm³/mol. The first-order chi connectivity index (χ1) is 9.33. The molecule has 1 aromatic rings. The van der Waals surface area contributed by atoms with Gasteiger partial charge in [0.05, 0.1) is 0 Å². The molecule has 19 heavy (non-hydrogen) atoms. The van der Waals surface area contributed by atoms with Gasteiger partial charge < -0.3 is 10.4 Å². The number of aliphatic hydroxyl groups excluding tert-OH is 1. The molecule has 0 spiro atoms. The van der Waals surface area contributed by atoms with Gasteiger partial charge in [0, 0.05) is 19.2 Å². The summed E-state index contributed by atoms with van der Waals surface area (Å²) in [6.45, 7) is 3.69. The van der Waals surface area contributed by atoms with Crippen molar-refractivity contribution in [1.82, 2.24) is 10.2 Å². The van der Waals surface area contributed by atoms with Crippen LogP contribution in [0.2, 0.25) is 0 Å². The smallest absolute Gasteiger partial charge is 0.0445 e. The molecule has 0 amide bonds. The molecule has 1 atom stereocenters. The van der Waals surface area contributed by atoms with Gasteiger partial charge in [-0.05, 0) is 50.9 Å². The van der Waals surface area contributed by atoms with Crippen molar-refractivity contribution in [1.29, 1.82) is 0 Å². The highest BCUT2D eigenvalue weighted by Crippen LogP contribution is 2.23. The second-order valence-corrected chi connectivity index (χ2v) is 5.51. The van der Waals surface area contributed by atoms with Crippen molar-refractivity contribution in [3.8, 4) is 0 Å². The number of nitrogens with zero attached hydrogens (tertiary/aromatic N) is 1. The Bertz CT molecular complexity index is 347. The molecule has 0 saturated carbocycles. The molecule has 1 aliphatic rings. The van der Waals surface area contributed by atoms with Crippen LogP contribution in [0, 0.1) is 5.92 Å². The minimum atomic E-state index is 0.287. The summed E-state index contributed by atoms with van der Waals surface area (Å²) < 4.78 is 0. The lowest BCUT2D eigenvalue weighted by Gasteiger charge is -2.36. The topological polar surface area (TPSA) is 35.5 Å². The number of nitrogens with one attached hydrogen (secondary N) is 1. The molecule has 3 heteroatoms. The lowest BCUT2D eigenvalue weighted by Crippen LogP contribution is -2.42. The number of benzene rings is 1. The number of piperidine rings is 1. The standard InChI is InChI=1S/C16H26N2O/c1-17-16(9-12-19)15-7-10-18(11-8-15)13-14-5-3-2-4-6-14/h2-6,15-17,19H,7-13H2,1H3/t16-/m0/s1. The Morgan fingerprint density at radius 3 is 2.53 bits per heavy atom. The number of hydrogen-bond acceptors (Lipinski definition) is 3. The zero-order chi connectivity index (χ0) is 13.5. The normalized spacial score (nSPS) is 19.5. The maximum Gasteiger partial charge on any atom is 0.0445 e. The molecule has 1 aromatic carbocycles. The first-order valence-electron chi connectivity index (χ1n) is 7.38. The van der Waals surface area contributed by atoms with Crippen molar-refractivity contribution in [2.24, 2.45) is 5.92 Å². The van der Waals surface area contributed by atoms with Crippen LogP contribution in [0.5, 0.6) is 0 Å². The maximum absolute atomic E-state index is 9.09. The molecule has 2 rings (SSSR count). The molecule has 0 aliphatic carbocycles. The van der Waals surface area contributed by atoms with E-state index in [1.165, 1.54) is 31.5 Å². The quantitative estimate of drug-likeness (QED) is 0.821. The van der Waals surface area contributed by atoms with Gasteiger partial charge in [-0.1, -0.05) is 30.3 Å². The monoisotopic (exact) mass is 262 g/mol. The van der Waals surface area contributed by atoms with Gasteiger partial charge in [0.25, 0.3) is 0 Å². The number of aliphatic hydroxyl groups is 1. The van der Waals surface area contributed by atoms with Crippen LogP contribution in [0.15, 0.2) is 30.3 Å². The molecular weight excluding hydrogens is 236 g/mol. The molecule has 0 unspecified atom stereocenters. The van der Waals surface area contributed by atoms with Crippen molar-refractivity contribution in [3.05, 3.63) is 35.9 Å². The molecule has 106 valence electrons. The first-order valence-corrected chi connectivity index (χ1v) is 7.38. The van der Waals surface area contributed by atoms with E-state index in [0.717, 1.165) is 13.0 Å². The van der Waals surface area contributed by atoms with Gasteiger partial charge in [-0.3, -0.25) is 4.90 Å². The highest BCUT2D eigenvalue weighted by atomic mass is 16.3. The molecule has 0 radical (unpaired) electrons. The summed E-state index contributed by atoms with van der Waals surface area (Å²) in [5.41, 5.74) is 1.40. The summed E-state index contributed by atoms with van der Waals surface area (Å²) >= 11 is 0. The molecule has 0 bridgehead atoms. The number of likely N-dealkylation sites (tertiary alicyclic amines) is 1. The Morgan fingerprint density at radius 1 is 1.26 bits per heavy atom. The first kappa shape index (κ1) is 14.5. The van der Waals surface area contributed by atoms with E-state index in [1.54, 1.807) is 0 Å². The van der Waals surface area contributed by atoms with E-state index in [2.05, 4.69) is 40.5 Å². The van der Waals surface area contributed by atoms with E-state index in [1.807, 2.05) is 7.05 Å². The number of rotatable bonds is 6. The Balaban J connectivity index is 1.79. The summed E-state index contributed by atoms with van der Waals surface area (Å²) in [6.07, 6.45) is 3.34. The van der Waals surface area contributed by atoms with Crippen molar-refractivity contribution < 1.29 is 5.11 Å². The third-order valence-corrected chi connectivity index (χ3v) is 4.26. The van der Waals surface area contributed by atoms with Gasteiger partial charge in [0.2, 0.25) is 0 Å². The molecule has 1 saturated heterocycles. The van der Waals surface area contributed by atoms with Crippen LogP contribution in [-0.4, -0.2) is 42.8 Å². The fourth-order valence-electron chi connectivity index (χ4n) is 3.11. The fourth-order valence-corrected chi connectivity index (χ4v) is 3.11. The Morgan fingerprint density at radius 2 is 1.95 bits per heavy atom. The highest BCUT2D eigenvalue weighted by Gasteiger charge is 2.25. The Kier molecular flexibility index (Phi) is 5.83. The summed E-state index contributed by atoms with van der Waals surface area (Å²) in [5, 5.41) is 12.5. The molecule has 1 heterocycles. The molecule has 2 N–H and O–H groups in total. The average Bonchev–Trinajstić information content (AvgIpc) is 2.47. The van der Waals surface area contributed by atoms with Crippen molar-refractivity contribution >= 4 is 0 Å². The second kappa shape index (κ2) is 7.63. The number of hydrogen-bond donors (Lipinski definition) is 2. The SMILES string of the molecule is CN[C@@H](CCO)C1CCN(Cc2ccccc2)CC1. The second-order valence-electron chi connectivity index (χ2n) is 5.51. The van der Waals surface area contributed by atoms with Crippen molar-refractivity contribution in [2.75, 3.05) is 26.7 Å². The van der Waals surface area contributed by atoms with E-state index in [-0.39, 0.29) is 6.61 Å². The predicted octanol–water partition coefficient (Wildman–Crippen LogP) is 1.87. The van der Waals surface area contributed by atoms with Gasteiger partial charge in [-0.15, -0.1) is 0 Å². The summed E-state index contributed by atoms with van der Waals surface area (Å²) in [5.74, 6) is 0.712. The van der Waals surface area contributed by atoms with Crippen LogP contribution in [0.1, 0.15) is 24.8 Å². The molecule has 1 fully saturated rings. The zero-order valence-corrected chi connectivity index (χ0v) is 11.9. The van der Waals surface area contributed by atoms with Crippen LogP contribution in [-0.2, 0) is 6.54 Å². The van der Waals surface area contributed by atoms with Crippen LogP contribution in [0.3, 0.4) is 0 Å². The van der Waals surface area contributed by atoms with Gasteiger partial charge in [0.1, 0.15) is 0 Å². The van der Waals surface area contributed by atoms with E-state index in [4.69, 9.17) is 5.11 Å². The average molecular weight is 262 g/mol. The van der Waals surface area contributed by atoms with E-state index in [0.29, 0.717) is 12.0 Å². The minimum absolute atomic E-state index is 0.287. The Labute approximate surface area is 116 Å². The van der Waals surface area contributed by atoms with Gasteiger partial charge in [-0.25, -0.2) is 0 Å². The largest absolute Gasteiger partial charge is 0.396 e. The van der Waals surface area contributed by atoms with Crippen LogP contribution in [0.25, 0.3) is 0 Å². The third kappa shape index (κ3) is 4.30. The van der Waals surface area contributed by atoms with E-state index in [9.17, 15) is 0 Å². The van der Waals surface area contributed by atoms with E-state index >= 15 is 0 Å². The molecule has 3 nitrogen and oxygen atoms in total. The molecule has 0 aromatic heterocycles. The van der Waals surface area contributed by atoms with Gasteiger partial charge in [0.15, 0.2) is 0 Å². The van der Waals surface area contributed by atoms with Crippen molar-refractivity contribution in [2.45, 2.75) is 31.8 Å². The van der Waals surface area contributed by atoms with Crippen molar-refractivity contribution in [3.63, 3.8) is 0 Å². The third-order valence-electron chi connectivity index (χ3n) is 4.26. The lowest BCUT2D eigenvalue weighted by molar-refractivity contribution is 0.142. The van der Waals surface area contributed by atoms with Crippen LogP contribution in [0.4, 0.5) is 0 Å². The zero-order valence-electron chi connectivity index (χ0n) is 11.9. The highest BCUT2D eigenvalue weighted by molar-refractivity contribution is 5.14. The van der Waals surface area contributed by atoms with Gasteiger partial charge in [-0.2, -0.15) is 0 Å². The lowest BCUT2D eigenvalue weighted by atomic mass is 9.87. The molecule has 1 aliphatic heterocycles. The molecular formula is C16H26N2O. The van der Waals surface area contributed by atoms with E-state index < -0.39 is 0 Å². The van der Waals surface area contributed by atoms with Crippen LogP contribution < -0.4 is 5.32 Å². The summed E-state index contributed by atoms with van der Waals surface area (Å²) in [4.78, 5) is 2.54. The minimum Gasteiger partial charge on any atom is -0.396 e. The summed E-state index contributed by atoms with van der Waals surface area (Å²) in [6, 6.07) is 11.2. The maximum atomic E-state index is 9.09. The van der Waals surface area contributed by atoms with Crippen LogP contribution >= 0.6 is 0 Å². The fraction of sp³-hybridized carbons (Fsp3) is 0.625. The van der Waals surface area contributed by atoms with Gasteiger partial charge >= 0.3 is 0 Å².